The van der Waals surface area contributed by atoms with E-state index in [9.17, 15) is 0 Å². The first-order chi connectivity index (χ1) is 11.9. The Morgan fingerprint density at radius 1 is 0.417 bits per heavy atom. The SMILES string of the molecule is C1CCC2NC(C3CC4CCCCC4C4CCCCC34)CCC2C1. The molecule has 4 saturated carbocycles. The van der Waals surface area contributed by atoms with E-state index in [1.54, 1.807) is 51.4 Å². The summed E-state index contributed by atoms with van der Waals surface area (Å²) in [5.41, 5.74) is 0. The molecule has 0 amide bonds. The maximum atomic E-state index is 4.25. The number of hydrogen-bond acceptors (Lipinski definition) is 1. The first kappa shape index (κ1) is 16.2. The second kappa shape index (κ2) is 6.93. The Bertz CT molecular complexity index is 432. The molecule has 0 aromatic heterocycles. The summed E-state index contributed by atoms with van der Waals surface area (Å²) < 4.78 is 0. The predicted molar refractivity (Wildman–Crippen MR) is 101 cm³/mol. The van der Waals surface area contributed by atoms with E-state index in [-0.39, 0.29) is 0 Å². The molecule has 5 fully saturated rings. The van der Waals surface area contributed by atoms with Crippen molar-refractivity contribution in [2.75, 3.05) is 0 Å². The van der Waals surface area contributed by atoms with Crippen LogP contribution in [0.25, 0.3) is 0 Å². The summed E-state index contributed by atoms with van der Waals surface area (Å²) in [7, 11) is 0. The molecule has 1 heterocycles. The summed E-state index contributed by atoms with van der Waals surface area (Å²) in [6.45, 7) is 0. The van der Waals surface area contributed by atoms with Gasteiger partial charge in [-0.1, -0.05) is 44.9 Å². The molecule has 5 aliphatic rings. The topological polar surface area (TPSA) is 12.0 Å². The fourth-order valence-corrected chi connectivity index (χ4v) is 8.19. The van der Waals surface area contributed by atoms with Crippen molar-refractivity contribution in [1.29, 1.82) is 0 Å². The molecule has 1 nitrogen and oxygen atoms in total. The smallest absolute Gasteiger partial charge is 0.0101 e. The van der Waals surface area contributed by atoms with E-state index in [1.807, 2.05) is 0 Å². The summed E-state index contributed by atoms with van der Waals surface area (Å²) in [4.78, 5) is 0. The van der Waals surface area contributed by atoms with E-state index in [0.717, 1.165) is 47.6 Å². The summed E-state index contributed by atoms with van der Waals surface area (Å²) in [6, 6.07) is 1.78. The van der Waals surface area contributed by atoms with Crippen LogP contribution in [0.1, 0.15) is 96.3 Å². The van der Waals surface area contributed by atoms with Crippen molar-refractivity contribution in [3.8, 4) is 0 Å². The van der Waals surface area contributed by atoms with Gasteiger partial charge in [-0.25, -0.2) is 0 Å². The van der Waals surface area contributed by atoms with Crippen molar-refractivity contribution in [3.63, 3.8) is 0 Å². The van der Waals surface area contributed by atoms with Crippen LogP contribution in [0.3, 0.4) is 0 Å². The van der Waals surface area contributed by atoms with Crippen molar-refractivity contribution in [2.45, 2.75) is 108 Å². The number of fused-ring (bicyclic) bond motifs is 4. The van der Waals surface area contributed by atoms with Gasteiger partial charge < -0.3 is 5.32 Å². The normalized spacial score (nSPS) is 52.0. The van der Waals surface area contributed by atoms with Crippen LogP contribution in [0.4, 0.5) is 0 Å². The third kappa shape index (κ3) is 2.87. The third-order valence-corrected chi connectivity index (χ3v) is 9.22. The molecule has 0 radical (unpaired) electrons. The summed E-state index contributed by atoms with van der Waals surface area (Å²) in [6.07, 6.45) is 23.1. The zero-order valence-corrected chi connectivity index (χ0v) is 15.7. The van der Waals surface area contributed by atoms with Crippen LogP contribution >= 0.6 is 0 Å². The minimum atomic E-state index is 0.887. The van der Waals surface area contributed by atoms with E-state index in [4.69, 9.17) is 0 Å². The maximum absolute atomic E-state index is 4.25. The molecule has 1 heteroatoms. The standard InChI is InChI=1S/C23H39N/c1-3-9-18-17(8-1)15-21(20-11-5-4-10-19(18)20)23-14-13-16-7-2-6-12-22(16)24-23/h16-24H,1-15H2. The highest BCUT2D eigenvalue weighted by molar-refractivity contribution is 5.01. The Kier molecular flexibility index (Phi) is 4.67. The van der Waals surface area contributed by atoms with Gasteiger partial charge in [-0.05, 0) is 86.9 Å². The Hall–Kier alpha value is -0.0400. The fraction of sp³-hybridized carbons (Fsp3) is 1.00. The van der Waals surface area contributed by atoms with Gasteiger partial charge in [-0.2, -0.15) is 0 Å². The third-order valence-electron chi connectivity index (χ3n) is 9.22. The number of rotatable bonds is 1. The predicted octanol–water partition coefficient (Wildman–Crippen LogP) is 5.93. The lowest BCUT2D eigenvalue weighted by atomic mass is 9.52. The van der Waals surface area contributed by atoms with E-state index >= 15 is 0 Å². The first-order valence-corrected chi connectivity index (χ1v) is 11.7. The Morgan fingerprint density at radius 3 is 1.88 bits per heavy atom. The van der Waals surface area contributed by atoms with E-state index < -0.39 is 0 Å². The first-order valence-electron chi connectivity index (χ1n) is 11.7. The van der Waals surface area contributed by atoms with Crippen LogP contribution < -0.4 is 5.32 Å². The van der Waals surface area contributed by atoms with Crippen LogP contribution in [-0.2, 0) is 0 Å². The van der Waals surface area contributed by atoms with Gasteiger partial charge in [-0.15, -0.1) is 0 Å². The van der Waals surface area contributed by atoms with Gasteiger partial charge in [0.1, 0.15) is 0 Å². The highest BCUT2D eigenvalue weighted by Gasteiger charge is 2.48. The van der Waals surface area contributed by atoms with E-state index in [2.05, 4.69) is 5.32 Å². The monoisotopic (exact) mass is 329 g/mol. The average molecular weight is 330 g/mol. The zero-order chi connectivity index (χ0) is 15.9. The molecule has 0 bridgehead atoms. The van der Waals surface area contributed by atoms with Gasteiger partial charge >= 0.3 is 0 Å². The van der Waals surface area contributed by atoms with Gasteiger partial charge in [0.25, 0.3) is 0 Å². The lowest BCUT2D eigenvalue weighted by molar-refractivity contribution is -0.0376. The van der Waals surface area contributed by atoms with Gasteiger partial charge in [0, 0.05) is 12.1 Å². The second-order valence-corrected chi connectivity index (χ2v) is 10.2. The number of hydrogen-bond donors (Lipinski definition) is 1. The lowest BCUT2D eigenvalue weighted by Crippen LogP contribution is -2.56. The molecule has 8 unspecified atom stereocenters. The molecule has 1 aliphatic heterocycles. The largest absolute Gasteiger partial charge is 0.311 e. The molecular weight excluding hydrogens is 290 g/mol. The van der Waals surface area contributed by atoms with Gasteiger partial charge in [-0.3, -0.25) is 0 Å². The molecule has 0 aromatic carbocycles. The van der Waals surface area contributed by atoms with Gasteiger partial charge in [0.2, 0.25) is 0 Å². The minimum Gasteiger partial charge on any atom is -0.311 e. The van der Waals surface area contributed by atoms with Gasteiger partial charge in [0.05, 0.1) is 0 Å². The molecular formula is C23H39N. The Balaban J connectivity index is 1.34. The average Bonchev–Trinajstić information content (AvgIpc) is 2.67. The molecule has 136 valence electrons. The molecule has 1 N–H and O–H groups in total. The molecule has 24 heavy (non-hydrogen) atoms. The summed E-state index contributed by atoms with van der Waals surface area (Å²) >= 11 is 0. The Labute approximate surface area is 149 Å². The number of piperidine rings is 1. The molecule has 4 aliphatic carbocycles. The van der Waals surface area contributed by atoms with Crippen LogP contribution in [0.2, 0.25) is 0 Å². The zero-order valence-electron chi connectivity index (χ0n) is 15.7. The van der Waals surface area contributed by atoms with Crippen LogP contribution in [0.5, 0.6) is 0 Å². The highest BCUT2D eigenvalue weighted by atomic mass is 15.0. The van der Waals surface area contributed by atoms with Crippen LogP contribution in [0.15, 0.2) is 0 Å². The van der Waals surface area contributed by atoms with Crippen molar-refractivity contribution in [1.82, 2.24) is 5.32 Å². The lowest BCUT2D eigenvalue weighted by Gasteiger charge is -2.55. The van der Waals surface area contributed by atoms with E-state index in [0.29, 0.717) is 0 Å². The maximum Gasteiger partial charge on any atom is 0.0101 e. The summed E-state index contributed by atoms with van der Waals surface area (Å²) in [5.74, 6) is 6.52. The van der Waals surface area contributed by atoms with E-state index in [1.165, 1.54) is 44.9 Å². The van der Waals surface area contributed by atoms with Crippen molar-refractivity contribution < 1.29 is 0 Å². The highest BCUT2D eigenvalue weighted by Crippen LogP contribution is 2.55. The molecule has 1 saturated heterocycles. The fourth-order valence-electron chi connectivity index (χ4n) is 8.19. The molecule has 0 aromatic rings. The van der Waals surface area contributed by atoms with Crippen LogP contribution in [0, 0.1) is 35.5 Å². The van der Waals surface area contributed by atoms with Gasteiger partial charge in [0.15, 0.2) is 0 Å². The van der Waals surface area contributed by atoms with Crippen LogP contribution in [-0.4, -0.2) is 12.1 Å². The summed E-state index contributed by atoms with van der Waals surface area (Å²) in [5, 5.41) is 4.25. The molecule has 5 rings (SSSR count). The van der Waals surface area contributed by atoms with Crippen molar-refractivity contribution in [3.05, 3.63) is 0 Å². The number of nitrogens with one attached hydrogen (secondary N) is 1. The quantitative estimate of drug-likeness (QED) is 0.628. The second-order valence-electron chi connectivity index (χ2n) is 10.2. The minimum absolute atomic E-state index is 0.887. The molecule has 0 spiro atoms. The molecule has 8 atom stereocenters. The Morgan fingerprint density at radius 2 is 1.04 bits per heavy atom. The van der Waals surface area contributed by atoms with Crippen molar-refractivity contribution >= 4 is 0 Å². The van der Waals surface area contributed by atoms with Crippen molar-refractivity contribution in [2.24, 2.45) is 35.5 Å².